The van der Waals surface area contributed by atoms with Crippen LogP contribution in [0.25, 0.3) is 0 Å². The number of nitrogens with one attached hydrogen (secondary N) is 2. The topological polar surface area (TPSA) is 83.8 Å². The van der Waals surface area contributed by atoms with Crippen LogP contribution in [-0.4, -0.2) is 22.6 Å². The lowest BCUT2D eigenvalue weighted by Crippen LogP contribution is -2.28. The fourth-order valence-corrected chi connectivity index (χ4v) is 1.29. The Morgan fingerprint density at radius 1 is 1.73 bits per heavy atom. The lowest BCUT2D eigenvalue weighted by molar-refractivity contribution is -0.124. The number of amides is 1. The van der Waals surface area contributed by atoms with Crippen molar-refractivity contribution in [1.29, 1.82) is 0 Å². The van der Waals surface area contributed by atoms with Crippen LogP contribution in [0.5, 0.6) is 0 Å². The number of aromatic amines is 1. The van der Waals surface area contributed by atoms with Crippen LogP contribution in [0.3, 0.4) is 0 Å². The molecule has 15 heavy (non-hydrogen) atoms. The molecule has 1 amide bonds. The number of nitrogens with zero attached hydrogens (tertiary/aromatic N) is 1. The van der Waals surface area contributed by atoms with E-state index in [-0.39, 0.29) is 11.8 Å². The summed E-state index contributed by atoms with van der Waals surface area (Å²) in [5, 5.41) is 9.35. The third-order valence-electron chi connectivity index (χ3n) is 2.31. The van der Waals surface area contributed by atoms with Gasteiger partial charge in [-0.05, 0) is 19.4 Å². The average Bonchev–Trinajstić information content (AvgIpc) is 2.75. The Morgan fingerprint density at radius 3 is 3.13 bits per heavy atom. The standard InChI is InChI=1S/C10H18N4O/c1-8(3-2-4-11)10(15)12-5-9-6-13-14-7-9/h6-8H,2-5,11H2,1H3,(H,12,15)(H,13,14). The number of carbonyl (C=O) groups excluding carboxylic acids is 1. The Morgan fingerprint density at radius 2 is 2.53 bits per heavy atom. The van der Waals surface area contributed by atoms with Crippen molar-refractivity contribution >= 4 is 5.91 Å². The molecule has 1 aromatic rings. The first kappa shape index (κ1) is 11.7. The Hall–Kier alpha value is -1.36. The summed E-state index contributed by atoms with van der Waals surface area (Å²) < 4.78 is 0. The van der Waals surface area contributed by atoms with Crippen molar-refractivity contribution in [3.8, 4) is 0 Å². The summed E-state index contributed by atoms with van der Waals surface area (Å²) in [7, 11) is 0. The molecule has 0 bridgehead atoms. The molecule has 84 valence electrons. The quantitative estimate of drug-likeness (QED) is 0.635. The van der Waals surface area contributed by atoms with Crippen LogP contribution >= 0.6 is 0 Å². The second-order valence-corrected chi connectivity index (χ2v) is 3.66. The zero-order valence-corrected chi connectivity index (χ0v) is 8.99. The van der Waals surface area contributed by atoms with E-state index in [0.29, 0.717) is 13.1 Å². The Balaban J connectivity index is 2.23. The van der Waals surface area contributed by atoms with Crippen LogP contribution in [0, 0.1) is 5.92 Å². The molecule has 1 atom stereocenters. The Kier molecular flexibility index (Phi) is 4.83. The number of hydrogen-bond acceptors (Lipinski definition) is 3. The summed E-state index contributed by atoms with van der Waals surface area (Å²) in [4.78, 5) is 11.6. The number of hydrogen-bond donors (Lipinski definition) is 3. The summed E-state index contributed by atoms with van der Waals surface area (Å²) in [5.74, 6) is 0.102. The summed E-state index contributed by atoms with van der Waals surface area (Å²) in [6.07, 6.45) is 5.20. The molecule has 5 nitrogen and oxygen atoms in total. The summed E-state index contributed by atoms with van der Waals surface area (Å²) in [6.45, 7) is 3.09. The van der Waals surface area contributed by atoms with E-state index in [9.17, 15) is 4.79 Å². The van der Waals surface area contributed by atoms with Gasteiger partial charge in [-0.15, -0.1) is 0 Å². The van der Waals surface area contributed by atoms with Crippen LogP contribution in [-0.2, 0) is 11.3 Å². The van der Waals surface area contributed by atoms with E-state index >= 15 is 0 Å². The molecule has 1 aromatic heterocycles. The zero-order chi connectivity index (χ0) is 11.1. The number of H-pyrrole nitrogens is 1. The molecule has 1 unspecified atom stereocenters. The van der Waals surface area contributed by atoms with Crippen molar-refractivity contribution in [3.05, 3.63) is 18.0 Å². The van der Waals surface area contributed by atoms with Gasteiger partial charge in [0, 0.05) is 24.2 Å². The van der Waals surface area contributed by atoms with E-state index in [0.717, 1.165) is 18.4 Å². The van der Waals surface area contributed by atoms with E-state index in [1.807, 2.05) is 6.92 Å². The molecule has 0 saturated carbocycles. The van der Waals surface area contributed by atoms with Crippen molar-refractivity contribution in [2.24, 2.45) is 11.7 Å². The molecule has 0 saturated heterocycles. The molecule has 0 aromatic carbocycles. The normalized spacial score (nSPS) is 12.4. The first-order valence-electron chi connectivity index (χ1n) is 5.19. The first-order valence-corrected chi connectivity index (χ1v) is 5.19. The molecule has 0 radical (unpaired) electrons. The van der Waals surface area contributed by atoms with Crippen LogP contribution < -0.4 is 11.1 Å². The minimum atomic E-state index is 0.0282. The van der Waals surface area contributed by atoms with E-state index in [2.05, 4.69) is 15.5 Å². The van der Waals surface area contributed by atoms with E-state index < -0.39 is 0 Å². The molecule has 0 fully saturated rings. The first-order chi connectivity index (χ1) is 7.24. The molecule has 0 aliphatic rings. The fourth-order valence-electron chi connectivity index (χ4n) is 1.29. The van der Waals surface area contributed by atoms with Crippen molar-refractivity contribution in [2.75, 3.05) is 6.54 Å². The lowest BCUT2D eigenvalue weighted by atomic mass is 10.0. The predicted molar refractivity (Wildman–Crippen MR) is 57.9 cm³/mol. The van der Waals surface area contributed by atoms with Crippen molar-refractivity contribution in [3.63, 3.8) is 0 Å². The number of carbonyl (C=O) groups is 1. The average molecular weight is 210 g/mol. The van der Waals surface area contributed by atoms with E-state index in [4.69, 9.17) is 5.73 Å². The van der Waals surface area contributed by atoms with Crippen LogP contribution in [0.15, 0.2) is 12.4 Å². The molecule has 0 aliphatic heterocycles. The highest BCUT2D eigenvalue weighted by molar-refractivity contribution is 5.78. The number of aromatic nitrogens is 2. The monoisotopic (exact) mass is 210 g/mol. The third kappa shape index (κ3) is 4.12. The highest BCUT2D eigenvalue weighted by Gasteiger charge is 2.11. The largest absolute Gasteiger partial charge is 0.352 e. The maximum absolute atomic E-state index is 11.6. The smallest absolute Gasteiger partial charge is 0.223 e. The van der Waals surface area contributed by atoms with Crippen LogP contribution in [0.2, 0.25) is 0 Å². The lowest BCUT2D eigenvalue weighted by Gasteiger charge is -2.10. The Bertz CT molecular complexity index is 284. The third-order valence-corrected chi connectivity index (χ3v) is 2.31. The van der Waals surface area contributed by atoms with Gasteiger partial charge in [0.05, 0.1) is 6.20 Å². The van der Waals surface area contributed by atoms with Crippen molar-refractivity contribution in [1.82, 2.24) is 15.5 Å². The molecule has 5 heteroatoms. The van der Waals surface area contributed by atoms with Gasteiger partial charge in [0.1, 0.15) is 0 Å². The number of nitrogens with two attached hydrogens (primary N) is 1. The van der Waals surface area contributed by atoms with E-state index in [1.165, 1.54) is 0 Å². The fraction of sp³-hybridized carbons (Fsp3) is 0.600. The zero-order valence-electron chi connectivity index (χ0n) is 8.99. The van der Waals surface area contributed by atoms with Crippen molar-refractivity contribution in [2.45, 2.75) is 26.3 Å². The molecular formula is C10H18N4O. The molecule has 1 heterocycles. The summed E-state index contributed by atoms with van der Waals surface area (Å²) in [5.41, 5.74) is 6.36. The molecule has 4 N–H and O–H groups in total. The van der Waals surface area contributed by atoms with E-state index in [1.54, 1.807) is 12.4 Å². The number of rotatable bonds is 6. The van der Waals surface area contributed by atoms with Gasteiger partial charge in [0.15, 0.2) is 0 Å². The maximum atomic E-state index is 11.6. The van der Waals surface area contributed by atoms with Gasteiger partial charge >= 0.3 is 0 Å². The van der Waals surface area contributed by atoms with Gasteiger partial charge in [-0.25, -0.2) is 0 Å². The minimum Gasteiger partial charge on any atom is -0.352 e. The summed E-state index contributed by atoms with van der Waals surface area (Å²) in [6, 6.07) is 0. The second kappa shape index (κ2) is 6.19. The molecule has 1 rings (SSSR count). The highest BCUT2D eigenvalue weighted by atomic mass is 16.1. The maximum Gasteiger partial charge on any atom is 0.223 e. The molecule has 0 aliphatic carbocycles. The van der Waals surface area contributed by atoms with Gasteiger partial charge < -0.3 is 11.1 Å². The van der Waals surface area contributed by atoms with Gasteiger partial charge in [0.25, 0.3) is 0 Å². The Labute approximate surface area is 89.4 Å². The van der Waals surface area contributed by atoms with Gasteiger partial charge in [-0.1, -0.05) is 6.92 Å². The van der Waals surface area contributed by atoms with Crippen LogP contribution in [0.4, 0.5) is 0 Å². The highest BCUT2D eigenvalue weighted by Crippen LogP contribution is 2.05. The minimum absolute atomic E-state index is 0.0282. The van der Waals surface area contributed by atoms with Gasteiger partial charge in [-0.2, -0.15) is 5.10 Å². The van der Waals surface area contributed by atoms with Crippen molar-refractivity contribution < 1.29 is 4.79 Å². The summed E-state index contributed by atoms with van der Waals surface area (Å²) >= 11 is 0. The molecular weight excluding hydrogens is 192 g/mol. The second-order valence-electron chi connectivity index (χ2n) is 3.66. The van der Waals surface area contributed by atoms with Gasteiger partial charge in [-0.3, -0.25) is 9.89 Å². The molecule has 0 spiro atoms. The SMILES string of the molecule is CC(CCCN)C(=O)NCc1cn[nH]c1. The predicted octanol–water partition coefficient (Wildman–Crippen LogP) is 0.401. The van der Waals surface area contributed by atoms with Gasteiger partial charge in [0.2, 0.25) is 5.91 Å². The van der Waals surface area contributed by atoms with Crippen LogP contribution in [0.1, 0.15) is 25.3 Å².